The van der Waals surface area contributed by atoms with Gasteiger partial charge in [-0.05, 0) is 57.0 Å². The zero-order chi connectivity index (χ0) is 24.1. The molecule has 0 spiro atoms. The molecule has 1 aliphatic rings. The molecular weight excluding hydrogens is 428 g/mol. The Morgan fingerprint density at radius 2 is 1.68 bits per heavy atom. The maximum Gasteiger partial charge on any atom is 0.309 e. The number of esters is 1. The van der Waals surface area contributed by atoms with Gasteiger partial charge in [0.25, 0.3) is 5.56 Å². The van der Waals surface area contributed by atoms with Crippen molar-refractivity contribution < 1.29 is 14.6 Å². The second-order valence-electron chi connectivity index (χ2n) is 8.84. The summed E-state index contributed by atoms with van der Waals surface area (Å²) in [6, 6.07) is 20.9. The average Bonchev–Trinajstić information content (AvgIpc) is 2.86. The molecule has 1 fully saturated rings. The van der Waals surface area contributed by atoms with E-state index < -0.39 is 6.04 Å². The molecule has 1 atom stereocenters. The number of pyridine rings is 1. The number of nitrogens with zero attached hydrogens (tertiary/aromatic N) is 2. The van der Waals surface area contributed by atoms with Gasteiger partial charge in [0.15, 0.2) is 0 Å². The summed E-state index contributed by atoms with van der Waals surface area (Å²) >= 11 is 0. The summed E-state index contributed by atoms with van der Waals surface area (Å²) in [5, 5.41) is 11.0. The second kappa shape index (κ2) is 10.7. The molecule has 2 aromatic carbocycles. The number of piperidine rings is 1. The van der Waals surface area contributed by atoms with Crippen molar-refractivity contribution in [2.24, 2.45) is 5.92 Å². The highest BCUT2D eigenvalue weighted by Crippen LogP contribution is 2.35. The van der Waals surface area contributed by atoms with Crippen molar-refractivity contribution in [2.45, 2.75) is 39.3 Å². The Hall–Kier alpha value is -3.38. The molecule has 2 heterocycles. The van der Waals surface area contributed by atoms with E-state index >= 15 is 0 Å². The summed E-state index contributed by atoms with van der Waals surface area (Å²) in [6.07, 6.45) is 1.32. The summed E-state index contributed by atoms with van der Waals surface area (Å²) in [7, 11) is 0. The van der Waals surface area contributed by atoms with Gasteiger partial charge >= 0.3 is 5.97 Å². The van der Waals surface area contributed by atoms with Crippen LogP contribution in [0.1, 0.15) is 48.2 Å². The molecule has 0 unspecified atom stereocenters. The SMILES string of the molecule is CCOC(=O)C1CCN([C@H](c2ccccc2)c2c(O)cc(C)n(Cc3ccccc3)c2=O)CC1. The number of carbonyl (C=O) groups is 1. The maximum atomic E-state index is 13.8. The molecule has 6 nitrogen and oxygen atoms in total. The van der Waals surface area contributed by atoms with Crippen LogP contribution in [0.4, 0.5) is 0 Å². The predicted octanol–water partition coefficient (Wildman–Crippen LogP) is 4.28. The molecule has 1 N–H and O–H groups in total. The zero-order valence-electron chi connectivity index (χ0n) is 19.8. The van der Waals surface area contributed by atoms with Crippen LogP contribution in [-0.2, 0) is 16.1 Å². The molecule has 0 amide bonds. The fourth-order valence-electron chi connectivity index (χ4n) is 4.84. The Labute approximate surface area is 200 Å². The quantitative estimate of drug-likeness (QED) is 0.533. The summed E-state index contributed by atoms with van der Waals surface area (Å²) in [6.45, 7) is 5.74. The predicted molar refractivity (Wildman–Crippen MR) is 132 cm³/mol. The number of likely N-dealkylation sites (tertiary alicyclic amines) is 1. The first-order valence-corrected chi connectivity index (χ1v) is 11.9. The van der Waals surface area contributed by atoms with Gasteiger partial charge in [-0.3, -0.25) is 14.5 Å². The second-order valence-corrected chi connectivity index (χ2v) is 8.84. The van der Waals surface area contributed by atoms with E-state index in [4.69, 9.17) is 4.74 Å². The molecule has 1 aliphatic heterocycles. The van der Waals surface area contributed by atoms with Crippen LogP contribution < -0.4 is 5.56 Å². The van der Waals surface area contributed by atoms with Crippen LogP contribution in [0.2, 0.25) is 0 Å². The lowest BCUT2D eigenvalue weighted by molar-refractivity contribution is -0.149. The summed E-state index contributed by atoms with van der Waals surface area (Å²) in [4.78, 5) is 28.3. The third kappa shape index (κ3) is 5.07. The molecule has 1 saturated heterocycles. The van der Waals surface area contributed by atoms with Crippen molar-refractivity contribution in [3.63, 3.8) is 0 Å². The van der Waals surface area contributed by atoms with Gasteiger partial charge in [-0.25, -0.2) is 0 Å². The standard InChI is InChI=1S/C28H32N2O4/c1-3-34-28(33)23-14-16-29(17-15-23)26(22-12-8-5-9-13-22)25-24(31)18-20(2)30(27(25)32)19-21-10-6-4-7-11-21/h4-13,18,23,26,31H,3,14-17,19H2,1-2H3/t26-/m1/s1. The number of ether oxygens (including phenoxy) is 1. The van der Waals surface area contributed by atoms with Crippen LogP contribution in [0.5, 0.6) is 5.75 Å². The van der Waals surface area contributed by atoms with Gasteiger partial charge in [0, 0.05) is 5.69 Å². The molecule has 0 aliphatic carbocycles. The summed E-state index contributed by atoms with van der Waals surface area (Å²) in [5.74, 6) is -0.274. The number of carbonyl (C=O) groups excluding carboxylic acids is 1. The number of rotatable bonds is 7. The minimum atomic E-state index is -0.403. The molecule has 1 aromatic heterocycles. The van der Waals surface area contributed by atoms with Crippen molar-refractivity contribution in [2.75, 3.05) is 19.7 Å². The number of benzene rings is 2. The highest BCUT2D eigenvalue weighted by molar-refractivity contribution is 5.72. The van der Waals surface area contributed by atoms with Gasteiger partial charge in [-0.1, -0.05) is 60.7 Å². The van der Waals surface area contributed by atoms with Crippen LogP contribution in [0.15, 0.2) is 71.5 Å². The third-order valence-electron chi connectivity index (χ3n) is 6.61. The fourth-order valence-corrected chi connectivity index (χ4v) is 4.84. The van der Waals surface area contributed by atoms with Crippen LogP contribution in [-0.4, -0.2) is 40.2 Å². The zero-order valence-corrected chi connectivity index (χ0v) is 19.8. The Morgan fingerprint density at radius 1 is 1.06 bits per heavy atom. The van der Waals surface area contributed by atoms with E-state index in [2.05, 4.69) is 4.90 Å². The molecule has 3 aromatic rings. The third-order valence-corrected chi connectivity index (χ3v) is 6.61. The molecule has 6 heteroatoms. The molecule has 0 saturated carbocycles. The lowest BCUT2D eigenvalue weighted by atomic mass is 9.91. The van der Waals surface area contributed by atoms with E-state index in [-0.39, 0.29) is 23.2 Å². The monoisotopic (exact) mass is 460 g/mol. The summed E-state index contributed by atoms with van der Waals surface area (Å²) < 4.78 is 6.95. The average molecular weight is 461 g/mol. The molecule has 0 bridgehead atoms. The van der Waals surface area contributed by atoms with Crippen molar-refractivity contribution in [1.29, 1.82) is 0 Å². The first kappa shape index (κ1) is 23.8. The van der Waals surface area contributed by atoms with E-state index in [0.717, 1.165) is 11.1 Å². The van der Waals surface area contributed by atoms with E-state index in [1.165, 1.54) is 0 Å². The van der Waals surface area contributed by atoms with Crippen LogP contribution in [0.25, 0.3) is 0 Å². The minimum absolute atomic E-state index is 0.00757. The van der Waals surface area contributed by atoms with Crippen LogP contribution in [0.3, 0.4) is 0 Å². The fraction of sp³-hybridized carbons (Fsp3) is 0.357. The van der Waals surface area contributed by atoms with E-state index in [9.17, 15) is 14.7 Å². The van der Waals surface area contributed by atoms with Crippen molar-refractivity contribution in [3.05, 3.63) is 99.5 Å². The molecule has 178 valence electrons. The van der Waals surface area contributed by atoms with E-state index in [1.807, 2.05) is 74.5 Å². The maximum absolute atomic E-state index is 13.8. The molecule has 4 rings (SSSR count). The normalized spacial score (nSPS) is 15.7. The topological polar surface area (TPSA) is 71.8 Å². The first-order valence-electron chi connectivity index (χ1n) is 11.9. The summed E-state index contributed by atoms with van der Waals surface area (Å²) in [5.41, 5.74) is 2.86. The van der Waals surface area contributed by atoms with E-state index in [0.29, 0.717) is 50.3 Å². The van der Waals surface area contributed by atoms with Crippen molar-refractivity contribution in [1.82, 2.24) is 9.47 Å². The van der Waals surface area contributed by atoms with Gasteiger partial charge in [0.1, 0.15) is 5.75 Å². The number of aryl methyl sites for hydroxylation is 1. The Kier molecular flexibility index (Phi) is 7.48. The van der Waals surface area contributed by atoms with Crippen LogP contribution >= 0.6 is 0 Å². The Bertz CT molecular complexity index is 1170. The largest absolute Gasteiger partial charge is 0.507 e. The van der Waals surface area contributed by atoms with Gasteiger partial charge in [0.05, 0.1) is 30.7 Å². The van der Waals surface area contributed by atoms with E-state index in [1.54, 1.807) is 10.6 Å². The lowest BCUT2D eigenvalue weighted by Crippen LogP contribution is -2.42. The number of aromatic hydroxyl groups is 1. The molecule has 34 heavy (non-hydrogen) atoms. The number of hydrogen-bond acceptors (Lipinski definition) is 5. The first-order chi connectivity index (χ1) is 16.5. The molecular formula is C28H32N2O4. The van der Waals surface area contributed by atoms with Gasteiger partial charge in [0.2, 0.25) is 0 Å². The lowest BCUT2D eigenvalue weighted by Gasteiger charge is -2.37. The highest BCUT2D eigenvalue weighted by atomic mass is 16.5. The number of aromatic nitrogens is 1. The van der Waals surface area contributed by atoms with Crippen LogP contribution in [0, 0.1) is 12.8 Å². The smallest absolute Gasteiger partial charge is 0.309 e. The Morgan fingerprint density at radius 3 is 2.29 bits per heavy atom. The minimum Gasteiger partial charge on any atom is -0.507 e. The van der Waals surface area contributed by atoms with Gasteiger partial charge in [-0.2, -0.15) is 0 Å². The Balaban J connectivity index is 1.72. The highest BCUT2D eigenvalue weighted by Gasteiger charge is 2.34. The van der Waals surface area contributed by atoms with Crippen molar-refractivity contribution >= 4 is 5.97 Å². The van der Waals surface area contributed by atoms with Gasteiger partial charge in [-0.15, -0.1) is 0 Å². The number of hydrogen-bond donors (Lipinski definition) is 1. The molecule has 0 radical (unpaired) electrons. The van der Waals surface area contributed by atoms with Gasteiger partial charge < -0.3 is 14.4 Å². The van der Waals surface area contributed by atoms with Crippen molar-refractivity contribution in [3.8, 4) is 5.75 Å².